The topological polar surface area (TPSA) is 97.5 Å². The van der Waals surface area contributed by atoms with Gasteiger partial charge in [-0.1, -0.05) is 19.1 Å². The number of carbonyl (C=O) groups excluding carboxylic acids is 2. The number of nitrogens with zero attached hydrogens (tertiary/aromatic N) is 2. The molecule has 2 amide bonds. The van der Waals surface area contributed by atoms with Crippen LogP contribution in [0.3, 0.4) is 0 Å². The molecule has 2 heterocycles. The quantitative estimate of drug-likeness (QED) is 0.887. The first-order valence-corrected chi connectivity index (χ1v) is 8.11. The van der Waals surface area contributed by atoms with E-state index < -0.39 is 6.10 Å². The van der Waals surface area contributed by atoms with Crippen molar-refractivity contribution in [3.05, 3.63) is 42.0 Å². The largest absolute Gasteiger partial charge is 0.477 e. The van der Waals surface area contributed by atoms with Gasteiger partial charge in [-0.3, -0.25) is 14.5 Å². The van der Waals surface area contributed by atoms with E-state index in [4.69, 9.17) is 10.5 Å². The Morgan fingerprint density at radius 1 is 1.28 bits per heavy atom. The molecule has 7 heteroatoms. The lowest BCUT2D eigenvalue weighted by Gasteiger charge is -2.31. The highest BCUT2D eigenvalue weighted by molar-refractivity contribution is 6.05. The highest BCUT2D eigenvalue weighted by atomic mass is 16.5. The Morgan fingerprint density at radius 2 is 2.00 bits per heavy atom. The normalized spacial score (nSPS) is 16.2. The summed E-state index contributed by atoms with van der Waals surface area (Å²) in [6, 6.07) is 10.8. The minimum absolute atomic E-state index is 0.161. The van der Waals surface area contributed by atoms with Gasteiger partial charge < -0.3 is 15.8 Å². The standard InChI is InChI=1S/C18H20N4O3/c1-3-12-4-6-13(7-5-12)20-16(23)10-22-17-14(8-9-15(19)21-17)25-11(2)18(22)24/h4-9,11H,3,10H2,1-2H3,(H2,19,21)(H,20,23). The van der Waals surface area contributed by atoms with E-state index in [1.54, 1.807) is 19.1 Å². The molecule has 1 aromatic heterocycles. The predicted octanol–water partition coefficient (Wildman–Crippen LogP) is 1.98. The van der Waals surface area contributed by atoms with Crippen LogP contribution in [0, 0.1) is 0 Å². The van der Waals surface area contributed by atoms with Crippen molar-refractivity contribution in [1.82, 2.24) is 4.98 Å². The number of hydrogen-bond acceptors (Lipinski definition) is 5. The molecule has 0 radical (unpaired) electrons. The zero-order valence-electron chi connectivity index (χ0n) is 14.2. The van der Waals surface area contributed by atoms with Crippen molar-refractivity contribution in [2.24, 2.45) is 0 Å². The molecule has 1 aromatic carbocycles. The van der Waals surface area contributed by atoms with Crippen LogP contribution in [0.1, 0.15) is 19.4 Å². The van der Waals surface area contributed by atoms with Crippen molar-refractivity contribution >= 4 is 29.1 Å². The summed E-state index contributed by atoms with van der Waals surface area (Å²) in [5.41, 5.74) is 7.56. The second-order valence-corrected chi connectivity index (χ2v) is 5.84. The third kappa shape index (κ3) is 3.55. The van der Waals surface area contributed by atoms with Crippen molar-refractivity contribution in [2.75, 3.05) is 22.5 Å². The van der Waals surface area contributed by atoms with Crippen LogP contribution in [-0.4, -0.2) is 29.4 Å². The van der Waals surface area contributed by atoms with Gasteiger partial charge in [-0.2, -0.15) is 0 Å². The summed E-state index contributed by atoms with van der Waals surface area (Å²) in [5, 5.41) is 2.79. The monoisotopic (exact) mass is 340 g/mol. The fourth-order valence-corrected chi connectivity index (χ4v) is 2.62. The summed E-state index contributed by atoms with van der Waals surface area (Å²) in [6.07, 6.45) is 0.243. The number of hydrogen-bond donors (Lipinski definition) is 2. The van der Waals surface area contributed by atoms with Gasteiger partial charge in [-0.25, -0.2) is 4.98 Å². The Balaban J connectivity index is 1.77. The summed E-state index contributed by atoms with van der Waals surface area (Å²) in [4.78, 5) is 30.2. The SMILES string of the molecule is CCc1ccc(NC(=O)CN2C(=O)C(C)Oc3ccc(N)nc32)cc1. The number of nitrogen functional groups attached to an aromatic ring is 1. The first kappa shape index (κ1) is 16.8. The van der Waals surface area contributed by atoms with Gasteiger partial charge >= 0.3 is 0 Å². The second kappa shape index (κ2) is 6.80. The predicted molar refractivity (Wildman–Crippen MR) is 95.5 cm³/mol. The van der Waals surface area contributed by atoms with Gasteiger partial charge in [0.2, 0.25) is 5.91 Å². The molecule has 1 unspecified atom stereocenters. The van der Waals surface area contributed by atoms with E-state index >= 15 is 0 Å². The first-order valence-electron chi connectivity index (χ1n) is 8.11. The summed E-state index contributed by atoms with van der Waals surface area (Å²) in [7, 11) is 0. The number of fused-ring (bicyclic) bond motifs is 1. The lowest BCUT2D eigenvalue weighted by molar-refractivity contribution is -0.127. The maximum absolute atomic E-state index is 12.4. The number of benzene rings is 1. The average Bonchev–Trinajstić information content (AvgIpc) is 2.60. The molecule has 0 fully saturated rings. The van der Waals surface area contributed by atoms with Gasteiger partial charge in [0.25, 0.3) is 5.91 Å². The maximum Gasteiger partial charge on any atom is 0.269 e. The van der Waals surface area contributed by atoms with Crippen LogP contribution >= 0.6 is 0 Å². The Bertz CT molecular complexity index is 804. The molecule has 1 aliphatic rings. The molecule has 7 nitrogen and oxygen atoms in total. The van der Waals surface area contributed by atoms with E-state index in [0.29, 0.717) is 11.4 Å². The van der Waals surface area contributed by atoms with Crippen LogP contribution in [-0.2, 0) is 16.0 Å². The van der Waals surface area contributed by atoms with E-state index in [-0.39, 0.29) is 30.0 Å². The van der Waals surface area contributed by atoms with Gasteiger partial charge in [0, 0.05) is 5.69 Å². The Morgan fingerprint density at radius 3 is 2.68 bits per heavy atom. The molecule has 1 atom stereocenters. The molecule has 3 N–H and O–H groups in total. The highest BCUT2D eigenvalue weighted by Crippen LogP contribution is 2.32. The van der Waals surface area contributed by atoms with Crippen molar-refractivity contribution in [3.63, 3.8) is 0 Å². The molecular formula is C18H20N4O3. The summed E-state index contributed by atoms with van der Waals surface area (Å²) < 4.78 is 5.51. The number of aromatic nitrogens is 1. The molecule has 0 spiro atoms. The number of aryl methyl sites for hydroxylation is 1. The van der Waals surface area contributed by atoms with Crippen LogP contribution < -0.4 is 20.7 Å². The van der Waals surface area contributed by atoms with Crippen LogP contribution in [0.4, 0.5) is 17.3 Å². The zero-order valence-corrected chi connectivity index (χ0v) is 14.2. The molecule has 25 heavy (non-hydrogen) atoms. The lowest BCUT2D eigenvalue weighted by Crippen LogP contribution is -2.48. The molecule has 0 saturated carbocycles. The molecular weight excluding hydrogens is 320 g/mol. The maximum atomic E-state index is 12.4. The van der Waals surface area contributed by atoms with Gasteiger partial charge in [-0.15, -0.1) is 0 Å². The van der Waals surface area contributed by atoms with Crippen LogP contribution in [0.25, 0.3) is 0 Å². The minimum Gasteiger partial charge on any atom is -0.477 e. The van der Waals surface area contributed by atoms with Gasteiger partial charge in [-0.05, 0) is 43.2 Å². The summed E-state index contributed by atoms with van der Waals surface area (Å²) in [6.45, 7) is 3.54. The number of amides is 2. The average molecular weight is 340 g/mol. The van der Waals surface area contributed by atoms with E-state index in [2.05, 4.69) is 17.2 Å². The third-order valence-electron chi connectivity index (χ3n) is 3.98. The smallest absolute Gasteiger partial charge is 0.269 e. The van der Waals surface area contributed by atoms with Crippen molar-refractivity contribution in [1.29, 1.82) is 0 Å². The molecule has 3 rings (SSSR count). The van der Waals surface area contributed by atoms with Gasteiger partial charge in [0.05, 0.1) is 0 Å². The number of pyridine rings is 1. The fourth-order valence-electron chi connectivity index (χ4n) is 2.62. The lowest BCUT2D eigenvalue weighted by atomic mass is 10.1. The van der Waals surface area contributed by atoms with Crippen LogP contribution in [0.2, 0.25) is 0 Å². The van der Waals surface area contributed by atoms with Crippen molar-refractivity contribution in [2.45, 2.75) is 26.4 Å². The Labute approximate surface area is 145 Å². The summed E-state index contributed by atoms with van der Waals surface area (Å²) in [5.74, 6) is 0.301. The molecule has 0 aliphatic carbocycles. The number of rotatable bonds is 4. The minimum atomic E-state index is -0.686. The Hall–Kier alpha value is -3.09. The van der Waals surface area contributed by atoms with Crippen molar-refractivity contribution < 1.29 is 14.3 Å². The van der Waals surface area contributed by atoms with Gasteiger partial charge in [0.1, 0.15) is 12.4 Å². The van der Waals surface area contributed by atoms with Crippen LogP contribution in [0.15, 0.2) is 36.4 Å². The highest BCUT2D eigenvalue weighted by Gasteiger charge is 2.34. The first-order chi connectivity index (χ1) is 12.0. The molecule has 2 aromatic rings. The van der Waals surface area contributed by atoms with Gasteiger partial charge in [0.15, 0.2) is 17.7 Å². The van der Waals surface area contributed by atoms with E-state index in [9.17, 15) is 9.59 Å². The summed E-state index contributed by atoms with van der Waals surface area (Å²) >= 11 is 0. The zero-order chi connectivity index (χ0) is 18.0. The molecule has 0 bridgehead atoms. The number of nitrogens with two attached hydrogens (primary N) is 1. The molecule has 1 aliphatic heterocycles. The number of carbonyl (C=O) groups is 2. The number of ether oxygens (including phenoxy) is 1. The number of nitrogens with one attached hydrogen (secondary N) is 1. The third-order valence-corrected chi connectivity index (χ3v) is 3.98. The van der Waals surface area contributed by atoms with E-state index in [0.717, 1.165) is 6.42 Å². The molecule has 0 saturated heterocycles. The van der Waals surface area contributed by atoms with Crippen LogP contribution in [0.5, 0.6) is 5.75 Å². The molecule has 130 valence electrons. The fraction of sp³-hybridized carbons (Fsp3) is 0.278. The van der Waals surface area contributed by atoms with E-state index in [1.807, 2.05) is 24.3 Å². The second-order valence-electron chi connectivity index (χ2n) is 5.84. The number of anilines is 3. The Kier molecular flexibility index (Phi) is 4.56. The van der Waals surface area contributed by atoms with E-state index in [1.165, 1.54) is 10.5 Å². The van der Waals surface area contributed by atoms with Crippen molar-refractivity contribution in [3.8, 4) is 5.75 Å².